The highest BCUT2D eigenvalue weighted by atomic mass is 16.2. The van der Waals surface area contributed by atoms with Gasteiger partial charge in [0.05, 0.1) is 12.0 Å². The summed E-state index contributed by atoms with van der Waals surface area (Å²) in [7, 11) is 3.53. The van der Waals surface area contributed by atoms with Crippen molar-refractivity contribution in [2.45, 2.75) is 25.7 Å². The molecule has 1 aliphatic heterocycles. The van der Waals surface area contributed by atoms with E-state index in [9.17, 15) is 4.79 Å². The van der Waals surface area contributed by atoms with Crippen LogP contribution in [0.15, 0.2) is 58.9 Å². The number of piperidine rings is 1. The van der Waals surface area contributed by atoms with E-state index in [0.717, 1.165) is 35.5 Å². The van der Waals surface area contributed by atoms with Crippen LogP contribution in [0.5, 0.6) is 0 Å². The Bertz CT molecular complexity index is 902. The van der Waals surface area contributed by atoms with Crippen molar-refractivity contribution >= 4 is 11.6 Å². The molecule has 0 N–H and O–H groups in total. The molecule has 5 nitrogen and oxygen atoms in total. The summed E-state index contributed by atoms with van der Waals surface area (Å²) in [4.78, 5) is 13.7. The van der Waals surface area contributed by atoms with Crippen molar-refractivity contribution in [1.29, 1.82) is 0 Å². The van der Waals surface area contributed by atoms with Gasteiger partial charge in [-0.1, -0.05) is 47.4 Å². The molecule has 1 heterocycles. The second-order valence-corrected chi connectivity index (χ2v) is 7.09. The van der Waals surface area contributed by atoms with E-state index in [4.69, 9.17) is 0 Å². The fraction of sp³-hybridized carbons (Fsp3) is 0.348. The minimum Gasteiger partial charge on any atom is -0.349 e. The molecule has 1 aliphatic rings. The van der Waals surface area contributed by atoms with Gasteiger partial charge in [0.2, 0.25) is 5.91 Å². The van der Waals surface area contributed by atoms with Gasteiger partial charge < -0.3 is 4.90 Å². The molecule has 0 bridgehead atoms. The van der Waals surface area contributed by atoms with Gasteiger partial charge in [-0.05, 0) is 43.0 Å². The Labute approximate surface area is 167 Å². The van der Waals surface area contributed by atoms with Crippen LogP contribution in [0.1, 0.15) is 36.0 Å². The highest BCUT2D eigenvalue weighted by molar-refractivity contribution is 5.79. The van der Waals surface area contributed by atoms with Gasteiger partial charge in [-0.15, -0.1) is 5.11 Å². The summed E-state index contributed by atoms with van der Waals surface area (Å²) in [5.41, 5.74) is 3.39. The molecule has 1 fully saturated rings. The van der Waals surface area contributed by atoms with E-state index in [-0.39, 0.29) is 5.91 Å². The molecule has 2 aromatic carbocycles. The number of amides is 1. The summed E-state index contributed by atoms with van der Waals surface area (Å²) in [6.07, 6.45) is 3.95. The van der Waals surface area contributed by atoms with Crippen molar-refractivity contribution < 1.29 is 4.79 Å². The Morgan fingerprint density at radius 3 is 2.36 bits per heavy atom. The number of rotatable bonds is 4. The molecule has 3 rings (SSSR count). The number of likely N-dealkylation sites (N-methyl/N-ethyl adjacent to an activating group) is 1. The van der Waals surface area contributed by atoms with Gasteiger partial charge in [0.15, 0.2) is 0 Å². The Morgan fingerprint density at radius 1 is 0.964 bits per heavy atom. The zero-order valence-corrected chi connectivity index (χ0v) is 16.6. The zero-order chi connectivity index (χ0) is 19.8. The molecule has 2 aromatic rings. The second kappa shape index (κ2) is 9.70. The molecule has 0 aliphatic carbocycles. The molecule has 0 aromatic heterocycles. The number of nitrogens with zero attached hydrogens (tertiary/aromatic N) is 4. The average Bonchev–Trinajstić information content (AvgIpc) is 2.73. The molecule has 0 unspecified atom stereocenters. The maximum atomic E-state index is 12.1. The van der Waals surface area contributed by atoms with Gasteiger partial charge in [0, 0.05) is 32.7 Å². The Balaban J connectivity index is 1.81. The van der Waals surface area contributed by atoms with Gasteiger partial charge in [0.25, 0.3) is 0 Å². The zero-order valence-electron chi connectivity index (χ0n) is 16.6. The highest BCUT2D eigenvalue weighted by Crippen LogP contribution is 2.20. The number of hydrogen-bond acceptors (Lipinski definition) is 3. The highest BCUT2D eigenvalue weighted by Gasteiger charge is 2.09. The normalized spacial score (nSPS) is 13.9. The van der Waals surface area contributed by atoms with E-state index in [0.29, 0.717) is 6.42 Å². The summed E-state index contributed by atoms with van der Waals surface area (Å²) >= 11 is 0. The molecule has 0 spiro atoms. The predicted octanol–water partition coefficient (Wildman–Crippen LogP) is 4.20. The molecule has 1 saturated heterocycles. The van der Waals surface area contributed by atoms with Crippen LogP contribution in [0.3, 0.4) is 0 Å². The van der Waals surface area contributed by atoms with Crippen LogP contribution < -0.4 is 0 Å². The molecule has 144 valence electrons. The quantitative estimate of drug-likeness (QED) is 0.595. The van der Waals surface area contributed by atoms with E-state index >= 15 is 0 Å². The Hall–Kier alpha value is -3.13. The first-order chi connectivity index (χ1) is 13.6. The van der Waals surface area contributed by atoms with Crippen LogP contribution in [0.25, 0.3) is 0 Å². The third-order valence-corrected chi connectivity index (χ3v) is 4.71. The van der Waals surface area contributed by atoms with Crippen molar-refractivity contribution in [3.05, 3.63) is 65.2 Å². The van der Waals surface area contributed by atoms with Crippen LogP contribution >= 0.6 is 0 Å². The van der Waals surface area contributed by atoms with Gasteiger partial charge in [-0.25, -0.2) is 0 Å². The van der Waals surface area contributed by atoms with Crippen molar-refractivity contribution in [2.24, 2.45) is 10.3 Å². The lowest BCUT2D eigenvalue weighted by Crippen LogP contribution is -2.23. The first-order valence-electron chi connectivity index (χ1n) is 9.69. The molecule has 0 atom stereocenters. The van der Waals surface area contributed by atoms with Crippen LogP contribution in [0.2, 0.25) is 0 Å². The smallest absolute Gasteiger partial charge is 0.226 e. The summed E-state index contributed by atoms with van der Waals surface area (Å²) in [6.45, 7) is 1.93. The van der Waals surface area contributed by atoms with Crippen LogP contribution in [-0.2, 0) is 11.2 Å². The molecular weight excluding hydrogens is 348 g/mol. The lowest BCUT2D eigenvalue weighted by molar-refractivity contribution is -0.127. The molecule has 5 heteroatoms. The SMILES string of the molecule is CN(C)C(=O)Cc1ccccc1C#Cc1ccccc1/N=N/N1CCCCC1. The number of carbonyl (C=O) groups is 1. The summed E-state index contributed by atoms with van der Waals surface area (Å²) in [5, 5.41) is 10.8. The molecule has 0 saturated carbocycles. The minimum atomic E-state index is 0.0602. The second-order valence-electron chi connectivity index (χ2n) is 7.09. The van der Waals surface area contributed by atoms with Crippen LogP contribution in [0.4, 0.5) is 5.69 Å². The number of hydrogen-bond donors (Lipinski definition) is 0. The Kier molecular flexibility index (Phi) is 6.80. The van der Waals surface area contributed by atoms with Crippen LogP contribution in [0, 0.1) is 11.8 Å². The Morgan fingerprint density at radius 2 is 1.61 bits per heavy atom. The van der Waals surface area contributed by atoms with Crippen molar-refractivity contribution in [2.75, 3.05) is 27.2 Å². The summed E-state index contributed by atoms with van der Waals surface area (Å²) < 4.78 is 0. The van der Waals surface area contributed by atoms with Crippen molar-refractivity contribution in [3.63, 3.8) is 0 Å². The van der Waals surface area contributed by atoms with Gasteiger partial charge >= 0.3 is 0 Å². The number of benzene rings is 2. The van der Waals surface area contributed by atoms with E-state index in [1.54, 1.807) is 19.0 Å². The van der Waals surface area contributed by atoms with E-state index in [1.165, 1.54) is 19.3 Å². The number of carbonyl (C=O) groups excluding carboxylic acids is 1. The standard InChI is InChI=1S/C23H26N4O/c1-26(2)23(28)18-21-12-5-4-10-19(21)14-15-20-11-6-7-13-22(20)24-25-27-16-8-3-9-17-27/h4-7,10-13H,3,8-9,16-18H2,1-2H3/b25-24+. The fourth-order valence-corrected chi connectivity index (χ4v) is 3.00. The predicted molar refractivity (Wildman–Crippen MR) is 111 cm³/mol. The van der Waals surface area contributed by atoms with Gasteiger partial charge in [-0.2, -0.15) is 0 Å². The van der Waals surface area contributed by atoms with Gasteiger partial charge in [0.1, 0.15) is 5.69 Å². The lowest BCUT2D eigenvalue weighted by Gasteiger charge is -2.21. The van der Waals surface area contributed by atoms with E-state index in [1.807, 2.05) is 53.5 Å². The van der Waals surface area contributed by atoms with E-state index in [2.05, 4.69) is 22.2 Å². The van der Waals surface area contributed by atoms with Crippen molar-refractivity contribution in [3.8, 4) is 11.8 Å². The average molecular weight is 374 g/mol. The molecule has 28 heavy (non-hydrogen) atoms. The third-order valence-electron chi connectivity index (χ3n) is 4.71. The van der Waals surface area contributed by atoms with Crippen LogP contribution in [-0.4, -0.2) is 43.0 Å². The summed E-state index contributed by atoms with van der Waals surface area (Å²) in [5.74, 6) is 6.49. The lowest BCUT2D eigenvalue weighted by atomic mass is 10.0. The van der Waals surface area contributed by atoms with E-state index < -0.39 is 0 Å². The maximum absolute atomic E-state index is 12.1. The third kappa shape index (κ3) is 5.43. The molecular formula is C23H26N4O. The fourth-order valence-electron chi connectivity index (χ4n) is 3.00. The monoisotopic (exact) mass is 374 g/mol. The first-order valence-corrected chi connectivity index (χ1v) is 9.69. The largest absolute Gasteiger partial charge is 0.349 e. The van der Waals surface area contributed by atoms with Crippen molar-refractivity contribution in [1.82, 2.24) is 9.91 Å². The summed E-state index contributed by atoms with van der Waals surface area (Å²) in [6, 6.07) is 15.5. The molecule has 1 amide bonds. The minimum absolute atomic E-state index is 0.0602. The van der Waals surface area contributed by atoms with Gasteiger partial charge in [-0.3, -0.25) is 9.80 Å². The maximum Gasteiger partial charge on any atom is 0.226 e. The topological polar surface area (TPSA) is 48.3 Å². The molecule has 0 radical (unpaired) electrons. The first kappa shape index (κ1) is 19.6.